The minimum atomic E-state index is -0.890. The van der Waals surface area contributed by atoms with Gasteiger partial charge in [0.25, 0.3) is 5.91 Å². The fourth-order valence-electron chi connectivity index (χ4n) is 2.97. The predicted octanol–water partition coefficient (Wildman–Crippen LogP) is 4.73. The van der Waals surface area contributed by atoms with E-state index in [9.17, 15) is 9.59 Å². The summed E-state index contributed by atoms with van der Waals surface area (Å²) in [6.07, 6.45) is 2.12. The molecule has 0 bridgehead atoms. The summed E-state index contributed by atoms with van der Waals surface area (Å²) in [7, 11) is 0. The molecule has 1 aliphatic rings. The van der Waals surface area contributed by atoms with Gasteiger partial charge in [-0.15, -0.1) is 0 Å². The minimum Gasteiger partial charge on any atom is -0.490 e. The molecule has 1 amide bonds. The second-order valence-electron chi connectivity index (χ2n) is 6.74. The van der Waals surface area contributed by atoms with Crippen molar-refractivity contribution in [3.8, 4) is 11.5 Å². The number of nitrogens with zero attached hydrogens (tertiary/aromatic N) is 1. The largest absolute Gasteiger partial charge is 0.490 e. The molecule has 1 heterocycles. The van der Waals surface area contributed by atoms with Gasteiger partial charge < -0.3 is 14.6 Å². The van der Waals surface area contributed by atoms with Crippen molar-refractivity contribution >= 4 is 46.3 Å². The number of rotatable bonds is 10. The highest BCUT2D eigenvalue weighted by molar-refractivity contribution is 8.26. The van der Waals surface area contributed by atoms with Crippen LogP contribution in [0.2, 0.25) is 0 Å². The van der Waals surface area contributed by atoms with Crippen molar-refractivity contribution < 1.29 is 24.2 Å². The first-order valence-corrected chi connectivity index (χ1v) is 11.1. The molecule has 31 heavy (non-hydrogen) atoms. The van der Waals surface area contributed by atoms with E-state index in [1.807, 2.05) is 55.5 Å². The van der Waals surface area contributed by atoms with Gasteiger partial charge in [-0.25, -0.2) is 0 Å². The van der Waals surface area contributed by atoms with Gasteiger partial charge >= 0.3 is 5.97 Å². The molecule has 2 aromatic carbocycles. The Morgan fingerprint density at radius 2 is 1.94 bits per heavy atom. The van der Waals surface area contributed by atoms with Crippen LogP contribution in [0.4, 0.5) is 0 Å². The summed E-state index contributed by atoms with van der Waals surface area (Å²) in [5, 5.41) is 8.79. The highest BCUT2D eigenvalue weighted by atomic mass is 32.2. The number of hydrogen-bond acceptors (Lipinski definition) is 6. The summed E-state index contributed by atoms with van der Waals surface area (Å²) < 4.78 is 12.1. The van der Waals surface area contributed by atoms with E-state index in [4.69, 9.17) is 26.8 Å². The van der Waals surface area contributed by atoms with E-state index in [1.54, 1.807) is 6.08 Å². The van der Waals surface area contributed by atoms with E-state index in [-0.39, 0.29) is 12.3 Å². The molecule has 3 rings (SSSR count). The third kappa shape index (κ3) is 6.32. The monoisotopic (exact) mass is 457 g/mol. The number of thioether (sulfide) groups is 1. The zero-order chi connectivity index (χ0) is 22.2. The van der Waals surface area contributed by atoms with Gasteiger partial charge in [-0.3, -0.25) is 14.5 Å². The fourth-order valence-corrected chi connectivity index (χ4v) is 4.28. The van der Waals surface area contributed by atoms with Crippen LogP contribution in [-0.4, -0.2) is 39.4 Å². The average molecular weight is 458 g/mol. The van der Waals surface area contributed by atoms with Crippen LogP contribution in [0, 0.1) is 0 Å². The molecule has 0 unspecified atom stereocenters. The van der Waals surface area contributed by atoms with E-state index in [0.717, 1.165) is 11.1 Å². The van der Waals surface area contributed by atoms with Crippen molar-refractivity contribution in [2.24, 2.45) is 0 Å². The van der Waals surface area contributed by atoms with Crippen molar-refractivity contribution in [3.05, 3.63) is 64.6 Å². The van der Waals surface area contributed by atoms with Gasteiger partial charge in [-0.05, 0) is 42.7 Å². The van der Waals surface area contributed by atoms with E-state index in [1.165, 1.54) is 16.7 Å². The van der Waals surface area contributed by atoms with Crippen LogP contribution in [0.5, 0.6) is 11.5 Å². The number of hydrogen-bond donors (Lipinski definition) is 1. The Hall–Kier alpha value is -2.84. The lowest BCUT2D eigenvalue weighted by molar-refractivity contribution is -0.137. The Bertz CT molecular complexity index is 991. The Morgan fingerprint density at radius 3 is 2.65 bits per heavy atom. The van der Waals surface area contributed by atoms with Gasteiger partial charge in [-0.1, -0.05) is 60.4 Å². The van der Waals surface area contributed by atoms with Crippen molar-refractivity contribution in [2.45, 2.75) is 26.4 Å². The van der Waals surface area contributed by atoms with Gasteiger partial charge in [0.15, 0.2) is 11.5 Å². The lowest BCUT2D eigenvalue weighted by Crippen LogP contribution is -2.29. The van der Waals surface area contributed by atoms with Gasteiger partial charge in [0.2, 0.25) is 0 Å². The Morgan fingerprint density at radius 1 is 1.16 bits per heavy atom. The highest BCUT2D eigenvalue weighted by Crippen LogP contribution is 2.35. The van der Waals surface area contributed by atoms with Crippen molar-refractivity contribution in [2.75, 3.05) is 13.2 Å². The Kier molecular flexibility index (Phi) is 8.08. The molecule has 8 heteroatoms. The quantitative estimate of drug-likeness (QED) is 0.408. The summed E-state index contributed by atoms with van der Waals surface area (Å²) in [6, 6.07) is 15.4. The molecule has 0 aliphatic carbocycles. The lowest BCUT2D eigenvalue weighted by atomic mass is 10.1. The maximum absolute atomic E-state index is 12.7. The first-order chi connectivity index (χ1) is 15.0. The summed E-state index contributed by atoms with van der Waals surface area (Å²) >= 11 is 6.51. The second kappa shape index (κ2) is 11.0. The topological polar surface area (TPSA) is 76.1 Å². The molecule has 6 nitrogen and oxygen atoms in total. The lowest BCUT2D eigenvalue weighted by Gasteiger charge is -2.13. The zero-order valence-corrected chi connectivity index (χ0v) is 18.7. The summed E-state index contributed by atoms with van der Waals surface area (Å²) in [5.41, 5.74) is 1.85. The molecule has 0 spiro atoms. The number of carboxylic acids is 1. The molecule has 0 saturated carbocycles. The maximum Gasteiger partial charge on any atom is 0.303 e. The van der Waals surface area contributed by atoms with Crippen molar-refractivity contribution in [1.82, 2.24) is 4.90 Å². The number of carbonyl (C=O) groups excluding carboxylic acids is 1. The standard InChI is InChI=1S/C23H23NO5S2/c1-2-28-19-13-17(10-11-18(19)29-15-16-7-4-3-5-8-16)14-20-22(27)24(23(30)31-20)12-6-9-21(25)26/h3-5,7-8,10-11,13-14H,2,6,9,12,15H2,1H3,(H,25,26). The molecule has 0 atom stereocenters. The maximum atomic E-state index is 12.7. The molecule has 162 valence electrons. The van der Waals surface area contributed by atoms with E-state index < -0.39 is 5.97 Å². The zero-order valence-electron chi connectivity index (χ0n) is 17.1. The number of ether oxygens (including phenoxy) is 2. The number of aliphatic carboxylic acids is 1. The number of thiocarbonyl (C=S) groups is 1. The van der Waals surface area contributed by atoms with Crippen LogP contribution in [0.25, 0.3) is 6.08 Å². The number of amides is 1. The first kappa shape index (κ1) is 22.8. The normalized spacial score (nSPS) is 14.9. The third-order valence-electron chi connectivity index (χ3n) is 4.45. The molecule has 1 fully saturated rings. The second-order valence-corrected chi connectivity index (χ2v) is 8.42. The molecular formula is C23H23NO5S2. The SMILES string of the molecule is CCOc1cc(C=C2SC(=S)N(CCCC(=O)O)C2=O)ccc1OCc1ccccc1. The fraction of sp³-hybridized carbons (Fsp3) is 0.261. The first-order valence-electron chi connectivity index (χ1n) is 9.88. The van der Waals surface area contributed by atoms with E-state index in [0.29, 0.717) is 46.9 Å². The molecule has 0 radical (unpaired) electrons. The van der Waals surface area contributed by atoms with Crippen molar-refractivity contribution in [1.29, 1.82) is 0 Å². The minimum absolute atomic E-state index is 0.00172. The number of benzene rings is 2. The van der Waals surface area contributed by atoms with Crippen LogP contribution < -0.4 is 9.47 Å². The summed E-state index contributed by atoms with van der Waals surface area (Å²) in [6.45, 7) is 3.10. The van der Waals surface area contributed by atoms with Crippen LogP contribution >= 0.6 is 24.0 Å². The number of carboxylic acid groups (broad SMARTS) is 1. The summed E-state index contributed by atoms with van der Waals surface area (Å²) in [5.74, 6) is 0.134. The van der Waals surface area contributed by atoms with Gasteiger partial charge in [0.1, 0.15) is 10.9 Å². The Labute approximate surface area is 190 Å². The van der Waals surface area contributed by atoms with Gasteiger partial charge in [-0.2, -0.15) is 0 Å². The van der Waals surface area contributed by atoms with Crippen LogP contribution in [0.15, 0.2) is 53.4 Å². The van der Waals surface area contributed by atoms with E-state index >= 15 is 0 Å². The van der Waals surface area contributed by atoms with Crippen LogP contribution in [-0.2, 0) is 16.2 Å². The Balaban J connectivity index is 1.72. The summed E-state index contributed by atoms with van der Waals surface area (Å²) in [4.78, 5) is 25.3. The third-order valence-corrected chi connectivity index (χ3v) is 5.83. The molecule has 1 N–H and O–H groups in total. The predicted molar refractivity (Wildman–Crippen MR) is 125 cm³/mol. The number of carbonyl (C=O) groups is 2. The molecule has 1 saturated heterocycles. The molecular weight excluding hydrogens is 434 g/mol. The van der Waals surface area contributed by atoms with Crippen LogP contribution in [0.3, 0.4) is 0 Å². The molecule has 2 aromatic rings. The van der Waals surface area contributed by atoms with E-state index in [2.05, 4.69) is 0 Å². The average Bonchev–Trinajstić information content (AvgIpc) is 3.01. The highest BCUT2D eigenvalue weighted by Gasteiger charge is 2.31. The van der Waals surface area contributed by atoms with Crippen molar-refractivity contribution in [3.63, 3.8) is 0 Å². The smallest absolute Gasteiger partial charge is 0.303 e. The molecule has 1 aliphatic heterocycles. The van der Waals surface area contributed by atoms with Crippen LogP contribution in [0.1, 0.15) is 30.9 Å². The molecule has 0 aromatic heterocycles. The van der Waals surface area contributed by atoms with Gasteiger partial charge in [0, 0.05) is 13.0 Å². The van der Waals surface area contributed by atoms with Gasteiger partial charge in [0.05, 0.1) is 11.5 Å².